The van der Waals surface area contributed by atoms with Gasteiger partial charge in [0.2, 0.25) is 5.91 Å². The maximum atomic E-state index is 12.7. The topological polar surface area (TPSA) is 98.1 Å². The van der Waals surface area contributed by atoms with Gasteiger partial charge in [0.1, 0.15) is 5.75 Å². The van der Waals surface area contributed by atoms with Crippen molar-refractivity contribution in [2.24, 2.45) is 0 Å². The predicted octanol–water partition coefficient (Wildman–Crippen LogP) is 5.02. The maximum absolute atomic E-state index is 12.7. The van der Waals surface area contributed by atoms with Crippen LogP contribution in [0.1, 0.15) is 41.5 Å². The summed E-state index contributed by atoms with van der Waals surface area (Å²) >= 11 is 4.76. The Morgan fingerprint density at radius 2 is 1.94 bits per heavy atom. The van der Waals surface area contributed by atoms with Gasteiger partial charge in [0.25, 0.3) is 5.91 Å². The number of amides is 2. The third kappa shape index (κ3) is 7.19. The van der Waals surface area contributed by atoms with Gasteiger partial charge in [0.15, 0.2) is 11.0 Å². The van der Waals surface area contributed by atoms with E-state index in [9.17, 15) is 9.59 Å². The number of methoxy groups -OCH3 is 1. The molecule has 0 radical (unpaired) electrons. The Morgan fingerprint density at radius 1 is 1.20 bits per heavy atom. The molecule has 1 heterocycles. The highest BCUT2D eigenvalue weighted by Gasteiger charge is 2.16. The molecular weight excluding hydrogens is 530 g/mol. The van der Waals surface area contributed by atoms with Crippen LogP contribution in [0, 0.1) is 0 Å². The summed E-state index contributed by atoms with van der Waals surface area (Å²) in [7, 11) is 1.57. The lowest BCUT2D eigenvalue weighted by Gasteiger charge is -2.14. The maximum Gasteiger partial charge on any atom is 0.251 e. The summed E-state index contributed by atoms with van der Waals surface area (Å²) in [5.74, 6) is 1.32. The van der Waals surface area contributed by atoms with Crippen LogP contribution in [0.2, 0.25) is 0 Å². The number of nitrogens with one attached hydrogen (secondary N) is 2. The number of hydrogen-bond acceptors (Lipinski definition) is 6. The average Bonchev–Trinajstić information content (AvgIpc) is 3.23. The lowest BCUT2D eigenvalue weighted by Crippen LogP contribution is -2.24. The van der Waals surface area contributed by atoms with Crippen LogP contribution in [0.4, 0.5) is 5.69 Å². The molecule has 0 atom stereocenters. The van der Waals surface area contributed by atoms with Crippen LogP contribution in [0.5, 0.6) is 5.75 Å². The Labute approximate surface area is 217 Å². The first-order valence-corrected chi connectivity index (χ1v) is 12.8. The first-order valence-electron chi connectivity index (χ1n) is 11.0. The van der Waals surface area contributed by atoms with E-state index in [0.29, 0.717) is 28.8 Å². The molecule has 10 heteroatoms. The quantitative estimate of drug-likeness (QED) is 0.254. The zero-order valence-electron chi connectivity index (χ0n) is 19.9. The number of rotatable bonds is 11. The highest BCUT2D eigenvalue weighted by Crippen LogP contribution is 2.28. The highest BCUT2D eigenvalue weighted by atomic mass is 79.9. The molecule has 0 aliphatic rings. The van der Waals surface area contributed by atoms with Gasteiger partial charge in [-0.25, -0.2) is 0 Å². The number of anilines is 1. The smallest absolute Gasteiger partial charge is 0.251 e. The van der Waals surface area contributed by atoms with Gasteiger partial charge in [0.05, 0.1) is 19.4 Å². The molecule has 1 aromatic heterocycles. The zero-order chi connectivity index (χ0) is 25.4. The number of ether oxygens (including phenoxy) is 1. The van der Waals surface area contributed by atoms with Crippen molar-refractivity contribution in [2.45, 2.75) is 38.0 Å². The second kappa shape index (κ2) is 12.6. The van der Waals surface area contributed by atoms with Crippen LogP contribution >= 0.6 is 27.7 Å². The molecule has 184 valence electrons. The first-order chi connectivity index (χ1) is 16.8. The summed E-state index contributed by atoms with van der Waals surface area (Å²) in [4.78, 5) is 25.1. The van der Waals surface area contributed by atoms with Crippen molar-refractivity contribution < 1.29 is 14.3 Å². The van der Waals surface area contributed by atoms with Gasteiger partial charge in [-0.1, -0.05) is 47.6 Å². The average molecular weight is 559 g/mol. The van der Waals surface area contributed by atoms with E-state index in [1.165, 1.54) is 11.8 Å². The van der Waals surface area contributed by atoms with Crippen LogP contribution in [0.15, 0.2) is 64.7 Å². The zero-order valence-corrected chi connectivity index (χ0v) is 22.3. The summed E-state index contributed by atoms with van der Waals surface area (Å²) in [6, 6.07) is 12.7. The van der Waals surface area contributed by atoms with E-state index < -0.39 is 0 Å². The molecule has 3 aromatic rings. The van der Waals surface area contributed by atoms with Gasteiger partial charge in [-0.3, -0.25) is 9.59 Å². The monoisotopic (exact) mass is 557 g/mol. The lowest BCUT2D eigenvalue weighted by atomic mass is 10.0. The molecule has 0 saturated carbocycles. The fraction of sp³-hybridized carbons (Fsp3) is 0.280. The molecule has 0 spiro atoms. The molecule has 8 nitrogen and oxygen atoms in total. The number of aromatic nitrogens is 3. The number of thioether (sulfide) groups is 1. The SMILES string of the molecule is C=CCn1c(CNC(=O)c2ccc(OC)cc2)nnc1SCC(=O)Nc1ccc(Br)cc1C(C)C. The second-order valence-corrected chi connectivity index (χ2v) is 9.79. The number of allylic oxidation sites excluding steroid dienone is 1. The number of nitrogens with zero attached hydrogens (tertiary/aromatic N) is 3. The van der Waals surface area contributed by atoms with Gasteiger partial charge in [0, 0.05) is 22.3 Å². The van der Waals surface area contributed by atoms with E-state index in [1.54, 1.807) is 37.5 Å². The number of benzene rings is 2. The third-order valence-electron chi connectivity index (χ3n) is 5.11. The van der Waals surface area contributed by atoms with Gasteiger partial charge < -0.3 is 19.9 Å². The Hall–Kier alpha value is -3.11. The van der Waals surface area contributed by atoms with E-state index in [1.807, 2.05) is 22.8 Å². The largest absolute Gasteiger partial charge is 0.497 e. The van der Waals surface area contributed by atoms with E-state index in [-0.39, 0.29) is 30.0 Å². The van der Waals surface area contributed by atoms with Crippen molar-refractivity contribution in [1.82, 2.24) is 20.1 Å². The lowest BCUT2D eigenvalue weighted by molar-refractivity contribution is -0.113. The van der Waals surface area contributed by atoms with Crippen LogP contribution in [-0.2, 0) is 17.9 Å². The second-order valence-electron chi connectivity index (χ2n) is 7.93. The Morgan fingerprint density at radius 3 is 2.60 bits per heavy atom. The molecule has 2 amide bonds. The van der Waals surface area contributed by atoms with E-state index >= 15 is 0 Å². The minimum atomic E-state index is -0.232. The van der Waals surface area contributed by atoms with E-state index in [0.717, 1.165) is 15.7 Å². The van der Waals surface area contributed by atoms with Crippen LogP contribution in [0.3, 0.4) is 0 Å². The van der Waals surface area contributed by atoms with Crippen molar-refractivity contribution in [3.05, 3.63) is 76.5 Å². The molecule has 0 aliphatic carbocycles. The molecule has 0 fully saturated rings. The molecule has 0 bridgehead atoms. The predicted molar refractivity (Wildman–Crippen MR) is 142 cm³/mol. The summed E-state index contributed by atoms with van der Waals surface area (Å²) in [5, 5.41) is 14.8. The fourth-order valence-electron chi connectivity index (χ4n) is 3.31. The number of carbonyl (C=O) groups excluding carboxylic acids is 2. The van der Waals surface area contributed by atoms with Crippen LogP contribution in [0.25, 0.3) is 0 Å². The van der Waals surface area contributed by atoms with Gasteiger partial charge >= 0.3 is 0 Å². The molecule has 35 heavy (non-hydrogen) atoms. The first kappa shape index (κ1) is 26.5. The Kier molecular flexibility index (Phi) is 9.50. The summed E-state index contributed by atoms with van der Waals surface area (Å²) < 4.78 is 7.92. The molecule has 2 aromatic carbocycles. The molecular formula is C25H28BrN5O3S. The third-order valence-corrected chi connectivity index (χ3v) is 6.57. The van der Waals surface area contributed by atoms with Crippen molar-refractivity contribution in [2.75, 3.05) is 18.2 Å². The van der Waals surface area contributed by atoms with Crippen LogP contribution in [-0.4, -0.2) is 39.4 Å². The van der Waals surface area contributed by atoms with Crippen molar-refractivity contribution >= 4 is 45.2 Å². The van der Waals surface area contributed by atoms with E-state index in [2.05, 4.69) is 57.2 Å². The molecule has 3 rings (SSSR count). The van der Waals surface area contributed by atoms with Crippen LogP contribution < -0.4 is 15.4 Å². The molecule has 0 unspecified atom stereocenters. The molecule has 0 aliphatic heterocycles. The summed E-state index contributed by atoms with van der Waals surface area (Å²) in [5.41, 5.74) is 2.37. The minimum Gasteiger partial charge on any atom is -0.497 e. The fourth-order valence-corrected chi connectivity index (χ4v) is 4.46. The Bertz CT molecular complexity index is 1190. The number of hydrogen-bond donors (Lipinski definition) is 2. The standard InChI is InChI=1S/C25H28BrN5O3S/c1-5-12-31-22(14-27-24(33)17-6-9-19(34-4)10-7-17)29-30-25(31)35-15-23(32)28-21-11-8-18(26)13-20(21)16(2)3/h5-11,13,16H,1,12,14-15H2,2-4H3,(H,27,33)(H,28,32). The molecule has 2 N–H and O–H groups in total. The Balaban J connectivity index is 1.62. The van der Waals surface area contributed by atoms with Crippen molar-refractivity contribution in [3.63, 3.8) is 0 Å². The highest BCUT2D eigenvalue weighted by molar-refractivity contribution is 9.10. The van der Waals surface area contributed by atoms with Gasteiger partial charge in [-0.05, 0) is 53.9 Å². The summed E-state index contributed by atoms with van der Waals surface area (Å²) in [6.45, 7) is 8.60. The summed E-state index contributed by atoms with van der Waals surface area (Å²) in [6.07, 6.45) is 1.72. The minimum absolute atomic E-state index is 0.137. The van der Waals surface area contributed by atoms with Gasteiger partial charge in [-0.15, -0.1) is 16.8 Å². The normalized spacial score (nSPS) is 10.8. The van der Waals surface area contributed by atoms with E-state index in [4.69, 9.17) is 4.74 Å². The number of carbonyl (C=O) groups is 2. The number of halogens is 1. The van der Waals surface area contributed by atoms with Gasteiger partial charge in [-0.2, -0.15) is 0 Å². The van der Waals surface area contributed by atoms with Crippen molar-refractivity contribution in [3.8, 4) is 5.75 Å². The van der Waals surface area contributed by atoms with Crippen molar-refractivity contribution in [1.29, 1.82) is 0 Å². The molecule has 0 saturated heterocycles.